The van der Waals surface area contributed by atoms with Gasteiger partial charge < -0.3 is 10.1 Å². The summed E-state index contributed by atoms with van der Waals surface area (Å²) < 4.78 is 5.53. The van der Waals surface area contributed by atoms with Crippen molar-refractivity contribution >= 4 is 21.9 Å². The van der Waals surface area contributed by atoms with Gasteiger partial charge in [0, 0.05) is 24.0 Å². The number of carbonyl (C=O) groups excluding carboxylic acids is 1. The lowest BCUT2D eigenvalue weighted by molar-refractivity contribution is 0.0600. The molecule has 1 aromatic carbocycles. The number of terminal acetylenes is 1. The summed E-state index contributed by atoms with van der Waals surface area (Å²) in [6, 6.07) is 5.39. The van der Waals surface area contributed by atoms with E-state index in [1.165, 1.54) is 7.11 Å². The molecule has 0 unspecified atom stereocenters. The predicted octanol–water partition coefficient (Wildman–Crippen LogP) is 2.35. The van der Waals surface area contributed by atoms with Gasteiger partial charge in [0.1, 0.15) is 0 Å². The van der Waals surface area contributed by atoms with E-state index in [0.29, 0.717) is 18.5 Å². The third-order valence-corrected chi connectivity index (χ3v) is 2.97. The van der Waals surface area contributed by atoms with Gasteiger partial charge in [-0.05, 0) is 17.7 Å². The minimum Gasteiger partial charge on any atom is -0.465 e. The number of methoxy groups -OCH3 is 1. The summed E-state index contributed by atoms with van der Waals surface area (Å²) in [5.74, 6) is 2.23. The zero-order valence-corrected chi connectivity index (χ0v) is 11.2. The predicted molar refractivity (Wildman–Crippen MR) is 70.6 cm³/mol. The minimum absolute atomic E-state index is 0.336. The zero-order chi connectivity index (χ0) is 12.7. The van der Waals surface area contributed by atoms with E-state index in [2.05, 4.69) is 31.9 Å². The molecular formula is C13H14BrNO2. The number of hydrogen-bond donors (Lipinski definition) is 1. The van der Waals surface area contributed by atoms with Gasteiger partial charge in [-0.1, -0.05) is 22.0 Å². The molecule has 0 aliphatic carbocycles. The number of nitrogens with one attached hydrogen (secondary N) is 1. The Morgan fingerprint density at radius 3 is 2.94 bits per heavy atom. The van der Waals surface area contributed by atoms with Crippen LogP contribution in [0.1, 0.15) is 22.3 Å². The van der Waals surface area contributed by atoms with Crippen LogP contribution in [-0.2, 0) is 11.3 Å². The second-order valence-corrected chi connectivity index (χ2v) is 4.28. The van der Waals surface area contributed by atoms with Crippen LogP contribution in [-0.4, -0.2) is 19.6 Å². The third-order valence-electron chi connectivity index (χ3n) is 2.24. The van der Waals surface area contributed by atoms with Crippen molar-refractivity contribution in [3.63, 3.8) is 0 Å². The monoisotopic (exact) mass is 295 g/mol. The summed E-state index contributed by atoms with van der Waals surface area (Å²) in [5.41, 5.74) is 1.61. The molecule has 0 aliphatic heterocycles. The molecule has 3 nitrogen and oxygen atoms in total. The van der Waals surface area contributed by atoms with E-state index in [1.54, 1.807) is 12.1 Å². The lowest BCUT2D eigenvalue weighted by atomic mass is 10.1. The Kier molecular flexibility index (Phi) is 5.75. The Labute approximate surface area is 110 Å². The second kappa shape index (κ2) is 7.10. The highest BCUT2D eigenvalue weighted by atomic mass is 79.9. The first kappa shape index (κ1) is 13.8. The van der Waals surface area contributed by atoms with Gasteiger partial charge >= 0.3 is 5.97 Å². The second-order valence-electron chi connectivity index (χ2n) is 3.43. The van der Waals surface area contributed by atoms with Gasteiger partial charge in [-0.15, -0.1) is 12.3 Å². The first-order valence-electron chi connectivity index (χ1n) is 5.20. The molecule has 0 amide bonds. The topological polar surface area (TPSA) is 38.3 Å². The fourth-order valence-corrected chi connectivity index (χ4v) is 1.84. The lowest BCUT2D eigenvalue weighted by Crippen LogP contribution is -2.14. The molecule has 1 rings (SSSR count). The summed E-state index contributed by atoms with van der Waals surface area (Å²) in [6.45, 7) is 1.49. The van der Waals surface area contributed by atoms with Crippen LogP contribution in [0.4, 0.5) is 0 Å². The largest absolute Gasteiger partial charge is 0.465 e. The molecule has 0 saturated heterocycles. The fourth-order valence-electron chi connectivity index (χ4n) is 1.32. The number of rotatable bonds is 5. The van der Waals surface area contributed by atoms with Crippen molar-refractivity contribution < 1.29 is 9.53 Å². The molecule has 1 aromatic rings. The average molecular weight is 296 g/mol. The molecule has 0 radical (unpaired) electrons. The van der Waals surface area contributed by atoms with E-state index in [-0.39, 0.29) is 5.97 Å². The number of esters is 1. The molecule has 90 valence electrons. The summed E-state index contributed by atoms with van der Waals surface area (Å²) in [7, 11) is 1.37. The first-order chi connectivity index (χ1) is 8.19. The van der Waals surface area contributed by atoms with Crippen molar-refractivity contribution in [3.8, 4) is 12.3 Å². The van der Waals surface area contributed by atoms with Crippen LogP contribution in [0.25, 0.3) is 0 Å². The normalized spacial score (nSPS) is 9.71. The van der Waals surface area contributed by atoms with Gasteiger partial charge in [-0.3, -0.25) is 0 Å². The van der Waals surface area contributed by atoms with Crippen LogP contribution >= 0.6 is 15.9 Å². The van der Waals surface area contributed by atoms with Gasteiger partial charge in [0.05, 0.1) is 12.7 Å². The Balaban J connectivity index is 2.64. The molecule has 0 bridgehead atoms. The molecule has 4 heteroatoms. The highest BCUT2D eigenvalue weighted by Gasteiger charge is 2.07. The van der Waals surface area contributed by atoms with E-state index in [9.17, 15) is 4.79 Å². The summed E-state index contributed by atoms with van der Waals surface area (Å²) in [5, 5.41) is 3.22. The van der Waals surface area contributed by atoms with Gasteiger partial charge in [-0.2, -0.15) is 0 Å². The highest BCUT2D eigenvalue weighted by Crippen LogP contribution is 2.19. The van der Waals surface area contributed by atoms with E-state index in [1.807, 2.05) is 6.07 Å². The zero-order valence-electron chi connectivity index (χ0n) is 9.63. The van der Waals surface area contributed by atoms with Crippen LogP contribution in [0.3, 0.4) is 0 Å². The quantitative estimate of drug-likeness (QED) is 0.515. The number of benzene rings is 1. The molecule has 1 N–H and O–H groups in total. The number of carbonyl (C=O) groups is 1. The standard InChI is InChI=1S/C13H14BrNO2/c1-3-4-7-15-9-11-6-5-10(8-12(11)14)13(16)17-2/h1,5-6,8,15H,4,7,9H2,2H3. The van der Waals surface area contributed by atoms with Crippen LogP contribution in [0.15, 0.2) is 22.7 Å². The van der Waals surface area contributed by atoms with Crippen LogP contribution < -0.4 is 5.32 Å². The summed E-state index contributed by atoms with van der Waals surface area (Å²) >= 11 is 3.43. The Morgan fingerprint density at radius 1 is 1.59 bits per heavy atom. The van der Waals surface area contributed by atoms with Crippen LogP contribution in [0.5, 0.6) is 0 Å². The lowest BCUT2D eigenvalue weighted by Gasteiger charge is -2.07. The average Bonchev–Trinajstić information content (AvgIpc) is 2.35. The molecule has 0 aromatic heterocycles. The van der Waals surface area contributed by atoms with Crippen molar-refractivity contribution in [1.82, 2.24) is 5.32 Å². The van der Waals surface area contributed by atoms with Crippen molar-refractivity contribution in [2.45, 2.75) is 13.0 Å². The third kappa shape index (κ3) is 4.22. The Hall–Kier alpha value is -1.31. The molecule has 0 saturated carbocycles. The maximum Gasteiger partial charge on any atom is 0.337 e. The minimum atomic E-state index is -0.336. The number of hydrogen-bond acceptors (Lipinski definition) is 3. The van der Waals surface area contributed by atoms with Crippen molar-refractivity contribution in [3.05, 3.63) is 33.8 Å². The van der Waals surface area contributed by atoms with E-state index >= 15 is 0 Å². The van der Waals surface area contributed by atoms with E-state index in [4.69, 9.17) is 6.42 Å². The smallest absolute Gasteiger partial charge is 0.337 e. The number of halogens is 1. The summed E-state index contributed by atoms with van der Waals surface area (Å²) in [6.07, 6.45) is 5.86. The molecular weight excluding hydrogens is 282 g/mol. The maximum atomic E-state index is 11.3. The van der Waals surface area contributed by atoms with Gasteiger partial charge in [-0.25, -0.2) is 4.79 Å². The first-order valence-corrected chi connectivity index (χ1v) is 5.99. The van der Waals surface area contributed by atoms with Gasteiger partial charge in [0.25, 0.3) is 0 Å². The molecule has 0 atom stereocenters. The molecule has 0 aliphatic rings. The van der Waals surface area contributed by atoms with Crippen molar-refractivity contribution in [2.24, 2.45) is 0 Å². The molecule has 0 heterocycles. The van der Waals surface area contributed by atoms with Gasteiger partial charge in [0.15, 0.2) is 0 Å². The van der Waals surface area contributed by atoms with Crippen LogP contribution in [0.2, 0.25) is 0 Å². The van der Waals surface area contributed by atoms with Gasteiger partial charge in [0.2, 0.25) is 0 Å². The fraction of sp³-hybridized carbons (Fsp3) is 0.308. The highest BCUT2D eigenvalue weighted by molar-refractivity contribution is 9.10. The number of ether oxygens (including phenoxy) is 1. The van der Waals surface area contributed by atoms with Crippen LogP contribution in [0, 0.1) is 12.3 Å². The van der Waals surface area contributed by atoms with Crippen molar-refractivity contribution in [2.75, 3.05) is 13.7 Å². The SMILES string of the molecule is C#CCCNCc1ccc(C(=O)OC)cc1Br. The maximum absolute atomic E-state index is 11.3. The Morgan fingerprint density at radius 2 is 2.35 bits per heavy atom. The Bertz CT molecular complexity index is 438. The molecule has 0 fully saturated rings. The van der Waals surface area contributed by atoms with E-state index < -0.39 is 0 Å². The van der Waals surface area contributed by atoms with Crippen molar-refractivity contribution in [1.29, 1.82) is 0 Å². The molecule has 0 spiro atoms. The van der Waals surface area contributed by atoms with E-state index in [0.717, 1.165) is 16.6 Å². The molecule has 17 heavy (non-hydrogen) atoms. The summed E-state index contributed by atoms with van der Waals surface area (Å²) in [4.78, 5) is 11.3.